The average molecular weight is 1060 g/mol. The highest BCUT2D eigenvalue weighted by Crippen LogP contribution is 2.14. The summed E-state index contributed by atoms with van der Waals surface area (Å²) in [5.41, 5.74) is 29.7. The zero-order valence-corrected chi connectivity index (χ0v) is 39.6. The van der Waals surface area contributed by atoms with Gasteiger partial charge < -0.3 is 106 Å². The molecule has 0 bridgehead atoms. The number of aromatic carboxylic acids is 1. The summed E-state index contributed by atoms with van der Waals surface area (Å²) in [6.45, 7) is -0.562. The number of anilines is 2. The number of amides is 1. The monoisotopic (exact) mass is 1060 g/mol. The van der Waals surface area contributed by atoms with Crippen LogP contribution in [0.4, 0.5) is 11.4 Å². The molecule has 0 saturated heterocycles. The number of primary amides is 1. The molecule has 3 rings (SSSR count). The van der Waals surface area contributed by atoms with Gasteiger partial charge in [-0.15, -0.1) is 0 Å². The number of carboxylic acid groups (broad SMARTS) is 3. The van der Waals surface area contributed by atoms with Crippen molar-refractivity contribution < 1.29 is 85.6 Å². The van der Waals surface area contributed by atoms with Gasteiger partial charge in [0, 0.05) is 34.5 Å². The van der Waals surface area contributed by atoms with Crippen LogP contribution in [0.15, 0.2) is 92.8 Å². The predicted octanol–water partition coefficient (Wildman–Crippen LogP) is -3.17. The van der Waals surface area contributed by atoms with E-state index in [2.05, 4.69) is 30.6 Å². The number of unbranched alkanes of at least 4 members (excludes halogenated alkanes) is 3. The Morgan fingerprint density at radius 2 is 0.833 bits per heavy atom. The number of halogens is 2. The molecule has 3 aromatic rings. The molecule has 0 radical (unpaired) electrons. The van der Waals surface area contributed by atoms with Crippen molar-refractivity contribution in [3.8, 4) is 0 Å². The van der Waals surface area contributed by atoms with Gasteiger partial charge in [0.05, 0.1) is 24.3 Å². The number of aliphatic carboxylic acids is 2. The number of nitrogens with zero attached hydrogens (tertiary/aromatic N) is 4. The molecule has 0 aliphatic rings. The van der Waals surface area contributed by atoms with Gasteiger partial charge in [-0.25, -0.2) is 14.4 Å². The van der Waals surface area contributed by atoms with Crippen molar-refractivity contribution >= 4 is 82.2 Å². The molecule has 0 aliphatic carbocycles. The van der Waals surface area contributed by atoms with Gasteiger partial charge in [-0.2, -0.15) is 9.98 Å². The number of hydrogen-bond donors (Lipinski definition) is 20. The Bertz CT molecular complexity index is 2090. The Balaban J connectivity index is 0.00000108. The summed E-state index contributed by atoms with van der Waals surface area (Å²) in [4.78, 5) is 57.9. The van der Waals surface area contributed by atoms with Crippen LogP contribution in [0.3, 0.4) is 0 Å². The normalized spacial score (nSPS) is 15.1. The highest BCUT2D eigenvalue weighted by molar-refractivity contribution is 6.31. The van der Waals surface area contributed by atoms with Gasteiger partial charge in [-0.1, -0.05) is 48.2 Å². The molecular formula is C42H61Cl2N11O17. The molecule has 1 amide bonds. The van der Waals surface area contributed by atoms with E-state index in [1.165, 1.54) is 18.2 Å². The van der Waals surface area contributed by atoms with Crippen LogP contribution in [-0.4, -0.2) is 189 Å². The maximum absolute atomic E-state index is 10.7. The van der Waals surface area contributed by atoms with E-state index in [-0.39, 0.29) is 35.0 Å². The number of rotatable bonds is 21. The maximum atomic E-state index is 10.7. The zero-order valence-electron chi connectivity index (χ0n) is 38.1. The number of aliphatic hydroxyl groups is 10. The molecule has 25 N–H and O–H groups in total. The van der Waals surface area contributed by atoms with Crippen LogP contribution in [0.25, 0.3) is 0 Å². The smallest absolute Gasteiger partial charge is 0.336 e. The van der Waals surface area contributed by atoms with E-state index in [1.54, 1.807) is 54.6 Å². The van der Waals surface area contributed by atoms with Gasteiger partial charge in [-0.05, 0) is 73.5 Å². The number of carboxylic acids is 3. The molecule has 0 saturated carbocycles. The summed E-state index contributed by atoms with van der Waals surface area (Å²) in [5.74, 6) is -4.76. The van der Waals surface area contributed by atoms with Crippen LogP contribution in [0.1, 0.15) is 46.4 Å². The Labute approximate surface area is 420 Å². The molecule has 0 fully saturated rings. The van der Waals surface area contributed by atoms with E-state index < -0.39 is 85.9 Å². The van der Waals surface area contributed by atoms with Crippen molar-refractivity contribution in [2.45, 2.75) is 74.5 Å². The minimum atomic E-state index is -2.20. The number of benzene rings is 3. The number of carbonyl (C=O) groups excluding carboxylic acids is 1. The second-order valence-corrected chi connectivity index (χ2v) is 15.3. The first-order valence-corrected chi connectivity index (χ1v) is 21.6. The lowest BCUT2D eigenvalue weighted by molar-refractivity contribution is -0.164. The molecule has 400 valence electrons. The van der Waals surface area contributed by atoms with Gasteiger partial charge in [0.25, 0.3) is 0 Å². The van der Waals surface area contributed by atoms with Crippen LogP contribution >= 0.6 is 23.2 Å². The third-order valence-electron chi connectivity index (χ3n) is 8.76. The summed E-state index contributed by atoms with van der Waals surface area (Å²) in [5, 5.41) is 119. The van der Waals surface area contributed by atoms with E-state index in [0.717, 1.165) is 37.1 Å². The first kappa shape index (κ1) is 65.2. The minimum absolute atomic E-state index is 0.0324. The van der Waals surface area contributed by atoms with E-state index in [1.807, 2.05) is 0 Å². The van der Waals surface area contributed by atoms with Crippen molar-refractivity contribution in [1.29, 1.82) is 0 Å². The fourth-order valence-corrected chi connectivity index (χ4v) is 5.17. The first-order chi connectivity index (χ1) is 33.8. The Kier molecular flexibility index (Phi) is 32.0. The third kappa shape index (κ3) is 27.0. The molecule has 30 heteroatoms. The van der Waals surface area contributed by atoms with Crippen LogP contribution < -0.4 is 39.3 Å². The van der Waals surface area contributed by atoms with E-state index in [0.29, 0.717) is 23.1 Å². The largest absolute Gasteiger partial charge is 0.479 e. The minimum Gasteiger partial charge on any atom is -0.479 e. The van der Waals surface area contributed by atoms with Gasteiger partial charge in [0.15, 0.2) is 12.2 Å². The Morgan fingerprint density at radius 1 is 0.500 bits per heavy atom. The van der Waals surface area contributed by atoms with Gasteiger partial charge >= 0.3 is 17.9 Å². The number of aliphatic imine (C=N–C) groups is 4. The van der Waals surface area contributed by atoms with E-state index in [9.17, 15) is 19.2 Å². The van der Waals surface area contributed by atoms with Crippen molar-refractivity contribution in [2.24, 2.45) is 48.6 Å². The summed E-state index contributed by atoms with van der Waals surface area (Å²) >= 11 is 11.7. The Morgan fingerprint density at radius 3 is 1.11 bits per heavy atom. The standard InChI is InChI=1S/C22H30Cl2N10.C8H7NO3.2C6H12O7/c23-15-5-9-17(10-6-15)31-21(27)33-19(25)29-13-3-1-2-4-14-30-20(26)34-22(28)32-18-11-7-16(24)8-12-18;9-7(10)5-3-1-2-4-6(5)8(11)12;2*7-1-2(8)3(9)4(10)5(11)6(12)13/h5-12H,1-4,13-14H2,(H5,25,27,29,31,33)(H5,26,28,30,32,34);1-4H,(H2,9,10)(H,11,12);2*2-5,7-11H,1H2,(H,12,13)/t;;2*2-,3-,4+,5-/m..11/s1. The molecule has 0 spiro atoms. The quantitative estimate of drug-likeness (QED) is 0.0284. The number of hydrogen-bond acceptors (Lipinski definition) is 16. The molecule has 3 aromatic carbocycles. The van der Waals surface area contributed by atoms with Crippen LogP contribution in [0, 0.1) is 0 Å². The van der Waals surface area contributed by atoms with Crippen LogP contribution in [-0.2, 0) is 9.59 Å². The van der Waals surface area contributed by atoms with Gasteiger partial charge in [-0.3, -0.25) is 14.8 Å². The fourth-order valence-electron chi connectivity index (χ4n) is 4.92. The van der Waals surface area contributed by atoms with Crippen molar-refractivity contribution in [3.05, 3.63) is 94.0 Å². The van der Waals surface area contributed by atoms with Crippen molar-refractivity contribution in [2.75, 3.05) is 36.9 Å². The highest BCUT2D eigenvalue weighted by Gasteiger charge is 2.35. The fraction of sp³-hybridized carbons (Fsp3) is 0.381. The Hall–Kier alpha value is -6.80. The van der Waals surface area contributed by atoms with Gasteiger partial charge in [0.1, 0.15) is 36.6 Å². The van der Waals surface area contributed by atoms with E-state index in [4.69, 9.17) is 118 Å². The molecule has 72 heavy (non-hydrogen) atoms. The third-order valence-corrected chi connectivity index (χ3v) is 9.26. The summed E-state index contributed by atoms with van der Waals surface area (Å²) in [6.07, 6.45) is -12.0. The number of guanidine groups is 4. The molecule has 0 heterocycles. The second kappa shape index (κ2) is 35.3. The number of nitrogens with two attached hydrogens (primary N) is 5. The van der Waals surface area contributed by atoms with E-state index >= 15 is 0 Å². The first-order valence-electron chi connectivity index (χ1n) is 20.8. The lowest BCUT2D eigenvalue weighted by atomic mass is 10.0. The summed E-state index contributed by atoms with van der Waals surface area (Å²) < 4.78 is 0. The molecule has 0 aromatic heterocycles. The molecular weight excluding hydrogens is 1000 g/mol. The molecule has 0 aliphatic heterocycles. The lowest BCUT2D eigenvalue weighted by Crippen LogP contribution is -2.48. The zero-order chi connectivity index (χ0) is 55.1. The van der Waals surface area contributed by atoms with Crippen LogP contribution in [0.2, 0.25) is 10.0 Å². The number of nitrogens with one attached hydrogen (secondary N) is 2. The predicted molar refractivity (Wildman–Crippen MR) is 264 cm³/mol. The number of aliphatic hydroxyl groups excluding tert-OH is 10. The lowest BCUT2D eigenvalue weighted by Gasteiger charge is -2.23. The van der Waals surface area contributed by atoms with Crippen molar-refractivity contribution in [1.82, 2.24) is 0 Å². The van der Waals surface area contributed by atoms with Crippen LogP contribution in [0.5, 0.6) is 0 Å². The maximum Gasteiger partial charge on any atom is 0.336 e. The summed E-state index contributed by atoms with van der Waals surface area (Å²) in [6, 6.07) is 20.0. The average Bonchev–Trinajstić information content (AvgIpc) is 3.34. The second-order valence-electron chi connectivity index (χ2n) is 14.4. The summed E-state index contributed by atoms with van der Waals surface area (Å²) in [7, 11) is 0. The molecule has 28 nitrogen and oxygen atoms in total. The SMILES string of the molecule is NC(=NCCCCCCN=C(N)N=C(N)Nc1ccc(Cl)cc1)N=C(N)Nc1ccc(Cl)cc1.NC(=O)c1ccccc1C(=O)O.O=C(O)[C@H](O)[C@@H](O)[C@H](O)[C@H](O)CO.O=C(O)[C@H](O)[C@@H](O)[C@H](O)[C@H](O)CO. The van der Waals surface area contributed by atoms with Crippen molar-refractivity contribution in [3.63, 3.8) is 0 Å². The molecule has 8 atom stereocenters. The van der Waals surface area contributed by atoms with Gasteiger partial charge in [0.2, 0.25) is 29.7 Å². The topological polar surface area (TPSA) is 535 Å². The number of carbonyl (C=O) groups is 4. The molecule has 0 unspecified atom stereocenters. The highest BCUT2D eigenvalue weighted by atomic mass is 35.5.